The van der Waals surface area contributed by atoms with Crippen molar-refractivity contribution in [2.45, 2.75) is 32.2 Å². The largest absolute Gasteiger partial charge is 0.338 e. The molecule has 116 valence electrons. The number of hydrogen-bond donors (Lipinski definition) is 1. The predicted molar refractivity (Wildman–Crippen MR) is 90.6 cm³/mol. The standard InChI is InChI=1S/C19H24N2O/c1-14-5-4-10-21(18(14)13-20)19(22)12-15-8-9-16-6-2-3-7-17(16)11-15/h2-3,6-9,11,14,18H,4-5,10,12-13,20H2,1H3. The summed E-state index contributed by atoms with van der Waals surface area (Å²) in [5.41, 5.74) is 6.98. The van der Waals surface area contributed by atoms with E-state index in [1.165, 1.54) is 17.2 Å². The fourth-order valence-corrected chi connectivity index (χ4v) is 3.54. The zero-order valence-electron chi connectivity index (χ0n) is 13.2. The first-order chi connectivity index (χ1) is 10.7. The average Bonchev–Trinajstić information content (AvgIpc) is 2.54. The van der Waals surface area contributed by atoms with Gasteiger partial charge in [0, 0.05) is 19.1 Å². The number of amides is 1. The number of hydrogen-bond acceptors (Lipinski definition) is 2. The fourth-order valence-electron chi connectivity index (χ4n) is 3.54. The third-order valence-corrected chi connectivity index (χ3v) is 4.85. The number of fused-ring (bicyclic) bond motifs is 1. The second kappa shape index (κ2) is 6.49. The Bertz CT molecular complexity index is 667. The number of rotatable bonds is 3. The van der Waals surface area contributed by atoms with Crippen LogP contribution in [0.2, 0.25) is 0 Å². The topological polar surface area (TPSA) is 46.3 Å². The minimum atomic E-state index is 0.196. The van der Waals surface area contributed by atoms with E-state index >= 15 is 0 Å². The Labute approximate surface area is 132 Å². The van der Waals surface area contributed by atoms with Gasteiger partial charge in [0.2, 0.25) is 5.91 Å². The molecule has 1 saturated heterocycles. The molecule has 0 bridgehead atoms. The van der Waals surface area contributed by atoms with Crippen molar-refractivity contribution in [2.24, 2.45) is 11.7 Å². The molecule has 2 N–H and O–H groups in total. The first kappa shape index (κ1) is 15.0. The van der Waals surface area contributed by atoms with Crippen LogP contribution in [0.15, 0.2) is 42.5 Å². The van der Waals surface area contributed by atoms with Crippen LogP contribution in [0.4, 0.5) is 0 Å². The van der Waals surface area contributed by atoms with Crippen LogP contribution < -0.4 is 5.73 Å². The number of nitrogens with two attached hydrogens (primary N) is 1. The van der Waals surface area contributed by atoms with Gasteiger partial charge in [-0.25, -0.2) is 0 Å². The number of carbonyl (C=O) groups excluding carboxylic acids is 1. The molecular weight excluding hydrogens is 272 g/mol. The van der Waals surface area contributed by atoms with Gasteiger partial charge in [0.1, 0.15) is 0 Å². The van der Waals surface area contributed by atoms with Crippen LogP contribution in [0.5, 0.6) is 0 Å². The lowest BCUT2D eigenvalue weighted by atomic mass is 9.90. The van der Waals surface area contributed by atoms with Crippen molar-refractivity contribution in [3.05, 3.63) is 48.0 Å². The van der Waals surface area contributed by atoms with Crippen molar-refractivity contribution in [3.63, 3.8) is 0 Å². The summed E-state index contributed by atoms with van der Waals surface area (Å²) in [6.45, 7) is 3.61. The molecule has 3 heteroatoms. The summed E-state index contributed by atoms with van der Waals surface area (Å²) in [5, 5.41) is 2.40. The third-order valence-electron chi connectivity index (χ3n) is 4.85. The maximum atomic E-state index is 12.7. The van der Waals surface area contributed by atoms with E-state index in [9.17, 15) is 4.79 Å². The smallest absolute Gasteiger partial charge is 0.227 e. The van der Waals surface area contributed by atoms with Crippen LogP contribution in [0.25, 0.3) is 10.8 Å². The zero-order valence-corrected chi connectivity index (χ0v) is 13.2. The van der Waals surface area contributed by atoms with Gasteiger partial charge in [-0.2, -0.15) is 0 Å². The van der Waals surface area contributed by atoms with Crippen molar-refractivity contribution >= 4 is 16.7 Å². The molecular formula is C19H24N2O. The summed E-state index contributed by atoms with van der Waals surface area (Å²) in [5.74, 6) is 0.705. The minimum Gasteiger partial charge on any atom is -0.338 e. The molecule has 0 spiro atoms. The van der Waals surface area contributed by atoms with Gasteiger partial charge in [-0.15, -0.1) is 0 Å². The van der Waals surface area contributed by atoms with Crippen LogP contribution in [-0.4, -0.2) is 29.9 Å². The molecule has 2 aromatic carbocycles. The molecule has 2 unspecified atom stereocenters. The summed E-state index contributed by atoms with van der Waals surface area (Å²) < 4.78 is 0. The molecule has 1 aliphatic rings. The van der Waals surface area contributed by atoms with Crippen molar-refractivity contribution in [2.75, 3.05) is 13.1 Å². The summed E-state index contributed by atoms with van der Waals surface area (Å²) in [6.07, 6.45) is 2.72. The lowest BCUT2D eigenvalue weighted by molar-refractivity contribution is -0.135. The minimum absolute atomic E-state index is 0.196. The second-order valence-electron chi connectivity index (χ2n) is 6.37. The molecule has 2 aromatic rings. The Morgan fingerprint density at radius 2 is 2.00 bits per heavy atom. The normalized spacial score (nSPS) is 22.0. The van der Waals surface area contributed by atoms with Gasteiger partial charge in [-0.05, 0) is 35.1 Å². The number of carbonyl (C=O) groups is 1. The highest BCUT2D eigenvalue weighted by atomic mass is 16.2. The van der Waals surface area contributed by atoms with Crippen LogP contribution in [-0.2, 0) is 11.2 Å². The number of benzene rings is 2. The summed E-state index contributed by atoms with van der Waals surface area (Å²) in [4.78, 5) is 14.7. The lowest BCUT2D eigenvalue weighted by Crippen LogP contribution is -2.51. The SMILES string of the molecule is CC1CCCN(C(=O)Cc2ccc3ccccc3c2)C1CN. The maximum absolute atomic E-state index is 12.7. The van der Waals surface area contributed by atoms with E-state index in [1.54, 1.807) is 0 Å². The molecule has 1 fully saturated rings. The van der Waals surface area contributed by atoms with E-state index in [4.69, 9.17) is 5.73 Å². The summed E-state index contributed by atoms with van der Waals surface area (Å²) in [6, 6.07) is 14.7. The van der Waals surface area contributed by atoms with Crippen LogP contribution in [0.1, 0.15) is 25.3 Å². The predicted octanol–water partition coefficient (Wildman–Crippen LogP) is 2.97. The molecule has 2 atom stereocenters. The zero-order chi connectivity index (χ0) is 15.5. The van der Waals surface area contributed by atoms with Gasteiger partial charge in [0.25, 0.3) is 0 Å². The Hall–Kier alpha value is -1.87. The Kier molecular flexibility index (Phi) is 4.44. The van der Waals surface area contributed by atoms with Crippen molar-refractivity contribution in [1.29, 1.82) is 0 Å². The molecule has 22 heavy (non-hydrogen) atoms. The number of piperidine rings is 1. The lowest BCUT2D eigenvalue weighted by Gasteiger charge is -2.39. The van der Waals surface area contributed by atoms with Gasteiger partial charge in [0.05, 0.1) is 6.42 Å². The first-order valence-electron chi connectivity index (χ1n) is 8.16. The first-order valence-corrected chi connectivity index (χ1v) is 8.16. The van der Waals surface area contributed by atoms with E-state index in [1.807, 2.05) is 17.0 Å². The van der Waals surface area contributed by atoms with Crippen molar-refractivity contribution in [3.8, 4) is 0 Å². The molecule has 3 nitrogen and oxygen atoms in total. The molecule has 1 aliphatic heterocycles. The van der Waals surface area contributed by atoms with Crippen LogP contribution in [0, 0.1) is 5.92 Å². The molecule has 1 amide bonds. The van der Waals surface area contributed by atoms with Gasteiger partial charge in [-0.3, -0.25) is 4.79 Å². The molecule has 1 heterocycles. The number of nitrogens with zero attached hydrogens (tertiary/aromatic N) is 1. The Morgan fingerprint density at radius 1 is 1.23 bits per heavy atom. The van der Waals surface area contributed by atoms with Gasteiger partial charge < -0.3 is 10.6 Å². The number of likely N-dealkylation sites (tertiary alicyclic amines) is 1. The molecule has 0 saturated carbocycles. The maximum Gasteiger partial charge on any atom is 0.227 e. The fraction of sp³-hybridized carbons (Fsp3) is 0.421. The highest BCUT2D eigenvalue weighted by Crippen LogP contribution is 2.24. The van der Waals surface area contributed by atoms with E-state index < -0.39 is 0 Å². The highest BCUT2D eigenvalue weighted by molar-refractivity contribution is 5.85. The van der Waals surface area contributed by atoms with Crippen molar-refractivity contribution < 1.29 is 4.79 Å². The summed E-state index contributed by atoms with van der Waals surface area (Å²) in [7, 11) is 0. The highest BCUT2D eigenvalue weighted by Gasteiger charge is 2.30. The van der Waals surface area contributed by atoms with E-state index in [2.05, 4.69) is 37.3 Å². The van der Waals surface area contributed by atoms with Crippen LogP contribution >= 0.6 is 0 Å². The molecule has 0 aromatic heterocycles. The Balaban J connectivity index is 1.77. The van der Waals surface area contributed by atoms with E-state index in [0.717, 1.165) is 18.5 Å². The van der Waals surface area contributed by atoms with E-state index in [0.29, 0.717) is 18.9 Å². The second-order valence-corrected chi connectivity index (χ2v) is 6.37. The molecule has 0 radical (unpaired) electrons. The van der Waals surface area contributed by atoms with Gasteiger partial charge in [0.15, 0.2) is 0 Å². The molecule has 0 aliphatic carbocycles. The average molecular weight is 296 g/mol. The molecule has 3 rings (SSSR count). The van der Waals surface area contributed by atoms with Gasteiger partial charge in [-0.1, -0.05) is 49.4 Å². The Morgan fingerprint density at radius 3 is 2.77 bits per heavy atom. The van der Waals surface area contributed by atoms with Crippen LogP contribution in [0.3, 0.4) is 0 Å². The monoisotopic (exact) mass is 296 g/mol. The summed E-state index contributed by atoms with van der Waals surface area (Å²) >= 11 is 0. The quantitative estimate of drug-likeness (QED) is 0.946. The van der Waals surface area contributed by atoms with E-state index in [-0.39, 0.29) is 11.9 Å². The van der Waals surface area contributed by atoms with Crippen molar-refractivity contribution in [1.82, 2.24) is 4.90 Å². The van der Waals surface area contributed by atoms with Gasteiger partial charge >= 0.3 is 0 Å². The third kappa shape index (κ3) is 3.00.